The van der Waals surface area contributed by atoms with E-state index in [2.05, 4.69) is 5.32 Å². The molecule has 1 rings (SSSR count). The number of hydrogen-bond donors (Lipinski definition) is 2. The monoisotopic (exact) mass is 258 g/mol. The number of rotatable bonds is 5. The fraction of sp³-hybridized carbons (Fsp3) is 0.833. The summed E-state index contributed by atoms with van der Waals surface area (Å²) >= 11 is 0. The lowest BCUT2D eigenvalue weighted by atomic mass is 10.0. The van der Waals surface area contributed by atoms with Gasteiger partial charge in [-0.3, -0.25) is 4.79 Å². The zero-order valence-electron chi connectivity index (χ0n) is 11.2. The fourth-order valence-electron chi connectivity index (χ4n) is 2.01. The first-order valence-electron chi connectivity index (χ1n) is 6.32. The van der Waals surface area contributed by atoms with Crippen LogP contribution < -0.4 is 5.32 Å². The molecule has 1 aliphatic rings. The number of likely N-dealkylation sites (N-methyl/N-ethyl adjacent to an activating group) is 1. The van der Waals surface area contributed by atoms with Gasteiger partial charge in [0.15, 0.2) is 0 Å². The molecule has 0 bridgehead atoms. The molecule has 2 N–H and O–H groups in total. The van der Waals surface area contributed by atoms with Crippen LogP contribution in [0.3, 0.4) is 0 Å². The Labute approximate surface area is 107 Å². The van der Waals surface area contributed by atoms with Gasteiger partial charge in [-0.2, -0.15) is 0 Å². The van der Waals surface area contributed by atoms with E-state index in [1.165, 1.54) is 0 Å². The summed E-state index contributed by atoms with van der Waals surface area (Å²) in [6, 6.07) is -0.590. The molecule has 0 aromatic rings. The summed E-state index contributed by atoms with van der Waals surface area (Å²) in [5.74, 6) is -1.18. The third kappa shape index (κ3) is 3.60. The zero-order valence-corrected chi connectivity index (χ0v) is 11.2. The number of carbonyl (C=O) groups is 2. The molecular weight excluding hydrogens is 236 g/mol. The molecule has 0 spiro atoms. The Kier molecular flexibility index (Phi) is 5.40. The summed E-state index contributed by atoms with van der Waals surface area (Å²) in [5.41, 5.74) is 0. The van der Waals surface area contributed by atoms with Crippen molar-refractivity contribution in [2.45, 2.75) is 26.8 Å². The Hall–Kier alpha value is -1.30. The van der Waals surface area contributed by atoms with Gasteiger partial charge in [0.1, 0.15) is 5.92 Å². The smallest absolute Gasteiger partial charge is 0.317 e. The molecule has 1 saturated heterocycles. The maximum atomic E-state index is 12.0. The van der Waals surface area contributed by atoms with Crippen LogP contribution in [0.1, 0.15) is 20.8 Å². The molecule has 0 aromatic carbocycles. The van der Waals surface area contributed by atoms with Gasteiger partial charge in [-0.15, -0.1) is 0 Å². The summed E-state index contributed by atoms with van der Waals surface area (Å²) in [4.78, 5) is 24.6. The molecule has 2 unspecified atom stereocenters. The molecule has 18 heavy (non-hydrogen) atoms. The molecule has 1 aliphatic heterocycles. The number of carboxylic acids is 1. The van der Waals surface area contributed by atoms with Crippen LogP contribution >= 0.6 is 0 Å². The number of hydrogen-bond acceptors (Lipinski definition) is 3. The van der Waals surface area contributed by atoms with E-state index in [1.54, 1.807) is 4.90 Å². The highest BCUT2D eigenvalue weighted by Crippen LogP contribution is 2.20. The second-order valence-corrected chi connectivity index (χ2v) is 4.92. The van der Waals surface area contributed by atoms with Gasteiger partial charge < -0.3 is 20.1 Å². The maximum Gasteiger partial charge on any atom is 0.317 e. The molecule has 2 amide bonds. The number of ether oxygens (including phenoxy) is 1. The lowest BCUT2D eigenvalue weighted by Gasteiger charge is -2.29. The molecule has 2 atom stereocenters. The van der Waals surface area contributed by atoms with Crippen LogP contribution in [-0.2, 0) is 9.53 Å². The van der Waals surface area contributed by atoms with E-state index in [0.717, 1.165) is 0 Å². The molecular formula is C12H22N2O4. The van der Waals surface area contributed by atoms with Crippen molar-refractivity contribution in [1.29, 1.82) is 0 Å². The van der Waals surface area contributed by atoms with Gasteiger partial charge in [0.2, 0.25) is 0 Å². The topological polar surface area (TPSA) is 78.9 Å². The van der Waals surface area contributed by atoms with Gasteiger partial charge in [0, 0.05) is 13.1 Å². The van der Waals surface area contributed by atoms with Crippen molar-refractivity contribution < 1.29 is 19.4 Å². The Balaban J connectivity index is 2.64. The van der Waals surface area contributed by atoms with Crippen molar-refractivity contribution >= 4 is 12.0 Å². The Morgan fingerprint density at radius 1 is 1.44 bits per heavy atom. The van der Waals surface area contributed by atoms with Gasteiger partial charge in [0.25, 0.3) is 0 Å². The second-order valence-electron chi connectivity index (χ2n) is 4.92. The van der Waals surface area contributed by atoms with Crippen LogP contribution in [0.4, 0.5) is 4.79 Å². The number of nitrogens with one attached hydrogen (secondary N) is 1. The van der Waals surface area contributed by atoms with Crippen LogP contribution in [0.25, 0.3) is 0 Å². The minimum Gasteiger partial charge on any atom is -0.481 e. The van der Waals surface area contributed by atoms with Gasteiger partial charge in [-0.1, -0.05) is 13.8 Å². The Morgan fingerprint density at radius 2 is 2.11 bits per heavy atom. The third-order valence-corrected chi connectivity index (χ3v) is 3.03. The molecule has 0 aliphatic carbocycles. The second kappa shape index (κ2) is 6.58. The first-order chi connectivity index (χ1) is 8.47. The maximum absolute atomic E-state index is 12.0. The van der Waals surface area contributed by atoms with Crippen molar-refractivity contribution in [3.05, 3.63) is 0 Å². The predicted molar refractivity (Wildman–Crippen MR) is 66.3 cm³/mol. The SMILES string of the molecule is CCN(C(=O)NCC(C)C)C1COCC1C(=O)O. The summed E-state index contributed by atoms with van der Waals surface area (Å²) in [7, 11) is 0. The molecule has 0 saturated carbocycles. The molecule has 104 valence electrons. The molecule has 1 heterocycles. The van der Waals surface area contributed by atoms with Gasteiger partial charge >= 0.3 is 12.0 Å². The summed E-state index contributed by atoms with van der Waals surface area (Å²) in [6.07, 6.45) is 0. The van der Waals surface area contributed by atoms with E-state index in [1.807, 2.05) is 20.8 Å². The predicted octanol–water partition coefficient (Wildman–Crippen LogP) is 0.773. The van der Waals surface area contributed by atoms with Crippen LogP contribution in [-0.4, -0.2) is 54.4 Å². The lowest BCUT2D eigenvalue weighted by Crippen LogP contribution is -2.51. The Morgan fingerprint density at radius 3 is 2.61 bits per heavy atom. The highest BCUT2D eigenvalue weighted by atomic mass is 16.5. The summed E-state index contributed by atoms with van der Waals surface area (Å²) < 4.78 is 5.19. The number of urea groups is 1. The molecule has 1 fully saturated rings. The zero-order chi connectivity index (χ0) is 13.7. The van der Waals surface area contributed by atoms with Crippen molar-refractivity contribution in [2.75, 3.05) is 26.3 Å². The van der Waals surface area contributed by atoms with Crippen molar-refractivity contribution in [2.24, 2.45) is 11.8 Å². The van der Waals surface area contributed by atoms with Crippen molar-refractivity contribution in [3.63, 3.8) is 0 Å². The fourth-order valence-corrected chi connectivity index (χ4v) is 2.01. The highest BCUT2D eigenvalue weighted by molar-refractivity contribution is 5.77. The average molecular weight is 258 g/mol. The van der Waals surface area contributed by atoms with Crippen LogP contribution in [0.5, 0.6) is 0 Å². The normalized spacial score (nSPS) is 23.1. The van der Waals surface area contributed by atoms with Gasteiger partial charge in [-0.25, -0.2) is 4.79 Å². The number of carbonyl (C=O) groups excluding carboxylic acids is 1. The van der Waals surface area contributed by atoms with Crippen molar-refractivity contribution in [1.82, 2.24) is 10.2 Å². The third-order valence-electron chi connectivity index (χ3n) is 3.03. The van der Waals surface area contributed by atoms with Crippen LogP contribution in [0, 0.1) is 11.8 Å². The van der Waals surface area contributed by atoms with Crippen LogP contribution in [0.2, 0.25) is 0 Å². The minimum absolute atomic E-state index is 0.175. The number of nitrogens with zero attached hydrogens (tertiary/aromatic N) is 1. The molecule has 6 heteroatoms. The first kappa shape index (κ1) is 14.8. The molecule has 0 aromatic heterocycles. The quantitative estimate of drug-likeness (QED) is 0.763. The number of carboxylic acid groups (broad SMARTS) is 1. The molecule has 6 nitrogen and oxygen atoms in total. The van der Waals surface area contributed by atoms with Crippen molar-refractivity contribution in [3.8, 4) is 0 Å². The molecule has 0 radical (unpaired) electrons. The minimum atomic E-state index is -0.910. The summed E-state index contributed by atoms with van der Waals surface area (Å²) in [5, 5.41) is 11.9. The van der Waals surface area contributed by atoms with Gasteiger partial charge in [-0.05, 0) is 12.8 Å². The van der Waals surface area contributed by atoms with E-state index in [4.69, 9.17) is 9.84 Å². The standard InChI is InChI=1S/C12H22N2O4/c1-4-14(12(17)13-5-8(2)3)10-7-18-6-9(10)11(15)16/h8-10H,4-7H2,1-3H3,(H,13,17)(H,15,16). The summed E-state index contributed by atoms with van der Waals surface area (Å²) in [6.45, 7) is 7.38. The van der Waals surface area contributed by atoms with E-state index in [9.17, 15) is 9.59 Å². The van der Waals surface area contributed by atoms with E-state index in [-0.39, 0.29) is 18.7 Å². The van der Waals surface area contributed by atoms with E-state index < -0.39 is 11.9 Å². The highest BCUT2D eigenvalue weighted by Gasteiger charge is 2.39. The van der Waals surface area contributed by atoms with Gasteiger partial charge in [0.05, 0.1) is 19.3 Å². The first-order valence-corrected chi connectivity index (χ1v) is 6.32. The van der Waals surface area contributed by atoms with Crippen LogP contribution in [0.15, 0.2) is 0 Å². The number of amides is 2. The Bertz CT molecular complexity index is 306. The number of aliphatic carboxylic acids is 1. The van der Waals surface area contributed by atoms with E-state index in [0.29, 0.717) is 25.6 Å². The average Bonchev–Trinajstić information content (AvgIpc) is 2.76. The lowest BCUT2D eigenvalue weighted by molar-refractivity contribution is -0.142. The van der Waals surface area contributed by atoms with E-state index >= 15 is 0 Å². The largest absolute Gasteiger partial charge is 0.481 e.